The van der Waals surface area contributed by atoms with Gasteiger partial charge in [-0.2, -0.15) is 0 Å². The molecular weight excluding hydrogens is 176 g/mol. The normalized spacial score (nSPS) is 18.3. The largest absolute Gasteiger partial charge is 0.388 e. The highest BCUT2D eigenvalue weighted by Gasteiger charge is 2.12. The van der Waals surface area contributed by atoms with E-state index in [4.69, 9.17) is 15.9 Å². The zero-order valence-corrected chi connectivity index (χ0v) is 8.93. The molecule has 3 nitrogen and oxygen atoms in total. The van der Waals surface area contributed by atoms with Crippen molar-refractivity contribution in [2.45, 2.75) is 44.9 Å². The van der Waals surface area contributed by atoms with Gasteiger partial charge in [0.2, 0.25) is 0 Å². The van der Waals surface area contributed by atoms with E-state index in [1.807, 2.05) is 0 Å². The Bertz CT molecular complexity index is 165. The number of ether oxygens (including phenoxy) is 1. The summed E-state index contributed by atoms with van der Waals surface area (Å²) in [6.45, 7) is 1.67. The minimum Gasteiger partial charge on any atom is -0.388 e. The molecule has 3 heteroatoms. The van der Waals surface area contributed by atoms with Gasteiger partial charge >= 0.3 is 0 Å². The molecule has 0 unspecified atom stereocenters. The maximum absolute atomic E-state index is 7.05. The van der Waals surface area contributed by atoms with Crippen LogP contribution in [0.2, 0.25) is 0 Å². The first-order chi connectivity index (χ1) is 6.79. The summed E-state index contributed by atoms with van der Waals surface area (Å²) in [6, 6.07) is 0. The predicted molar refractivity (Wildman–Crippen MR) is 58.5 cm³/mol. The Labute approximate surface area is 86.5 Å². The fourth-order valence-corrected chi connectivity index (χ4v) is 1.97. The van der Waals surface area contributed by atoms with Crippen LogP contribution in [0.25, 0.3) is 0 Å². The van der Waals surface area contributed by atoms with Crippen molar-refractivity contribution in [2.24, 2.45) is 11.7 Å². The molecule has 0 atom stereocenters. The molecule has 0 spiro atoms. The highest BCUT2D eigenvalue weighted by Crippen LogP contribution is 2.23. The van der Waals surface area contributed by atoms with Crippen LogP contribution >= 0.6 is 0 Å². The quantitative estimate of drug-likeness (QED) is 0.391. The van der Waals surface area contributed by atoms with Gasteiger partial charge in [-0.25, -0.2) is 0 Å². The molecule has 1 rings (SSSR count). The molecule has 1 fully saturated rings. The van der Waals surface area contributed by atoms with Crippen molar-refractivity contribution in [1.82, 2.24) is 0 Å². The molecule has 82 valence electrons. The number of hydrogen-bond acceptors (Lipinski definition) is 2. The lowest BCUT2D eigenvalue weighted by Gasteiger charge is -2.21. The minimum atomic E-state index is 0.270. The molecule has 0 aromatic heterocycles. The molecule has 0 aromatic rings. The third-order valence-corrected chi connectivity index (χ3v) is 2.81. The van der Waals surface area contributed by atoms with Crippen molar-refractivity contribution in [1.29, 1.82) is 5.41 Å². The van der Waals surface area contributed by atoms with Gasteiger partial charge in [-0.15, -0.1) is 0 Å². The summed E-state index contributed by atoms with van der Waals surface area (Å²) in [5, 5.41) is 7.05. The monoisotopic (exact) mass is 198 g/mol. The molecule has 0 bridgehead atoms. The molecule has 0 radical (unpaired) electrons. The fourth-order valence-electron chi connectivity index (χ4n) is 1.97. The summed E-state index contributed by atoms with van der Waals surface area (Å²) in [4.78, 5) is 0. The molecule has 0 amide bonds. The second kappa shape index (κ2) is 6.82. The van der Waals surface area contributed by atoms with E-state index in [0.717, 1.165) is 25.6 Å². The van der Waals surface area contributed by atoms with Crippen LogP contribution in [0, 0.1) is 11.3 Å². The van der Waals surface area contributed by atoms with E-state index in [2.05, 4.69) is 0 Å². The first-order valence-electron chi connectivity index (χ1n) is 5.69. The summed E-state index contributed by atoms with van der Waals surface area (Å²) in [6.07, 6.45) is 8.40. The third kappa shape index (κ3) is 5.22. The van der Waals surface area contributed by atoms with E-state index in [0.29, 0.717) is 6.42 Å². The summed E-state index contributed by atoms with van der Waals surface area (Å²) in [5.41, 5.74) is 5.25. The van der Waals surface area contributed by atoms with Gasteiger partial charge in [0.1, 0.15) is 0 Å². The number of nitrogens with one attached hydrogen (secondary N) is 1. The fraction of sp³-hybridized carbons (Fsp3) is 0.909. The summed E-state index contributed by atoms with van der Waals surface area (Å²) in [5.74, 6) is 1.06. The zero-order chi connectivity index (χ0) is 10.2. The number of hydrogen-bond donors (Lipinski definition) is 2. The summed E-state index contributed by atoms with van der Waals surface area (Å²) < 4.78 is 5.57. The molecule has 0 aromatic carbocycles. The van der Waals surface area contributed by atoms with Gasteiger partial charge in [0.25, 0.3) is 0 Å². The second-order valence-corrected chi connectivity index (χ2v) is 4.21. The lowest BCUT2D eigenvalue weighted by molar-refractivity contribution is 0.0845. The SMILES string of the molecule is N=C(N)CCCOCC1CCCCC1. The molecule has 1 aliphatic rings. The topological polar surface area (TPSA) is 59.1 Å². The number of rotatable bonds is 6. The van der Waals surface area contributed by atoms with Gasteiger partial charge in [0.05, 0.1) is 5.84 Å². The van der Waals surface area contributed by atoms with Gasteiger partial charge in [0.15, 0.2) is 0 Å². The Morgan fingerprint density at radius 1 is 1.29 bits per heavy atom. The van der Waals surface area contributed by atoms with Crippen LogP contribution in [0.5, 0.6) is 0 Å². The van der Waals surface area contributed by atoms with Crippen molar-refractivity contribution < 1.29 is 4.74 Å². The lowest BCUT2D eigenvalue weighted by atomic mass is 9.90. The van der Waals surface area contributed by atoms with Crippen LogP contribution in [0.4, 0.5) is 0 Å². The van der Waals surface area contributed by atoms with Crippen LogP contribution in [-0.2, 0) is 4.74 Å². The van der Waals surface area contributed by atoms with Crippen LogP contribution < -0.4 is 5.73 Å². The van der Waals surface area contributed by atoms with Gasteiger partial charge < -0.3 is 10.5 Å². The second-order valence-electron chi connectivity index (χ2n) is 4.21. The van der Waals surface area contributed by atoms with Crippen molar-refractivity contribution in [2.75, 3.05) is 13.2 Å². The first-order valence-corrected chi connectivity index (χ1v) is 5.69. The molecule has 1 saturated carbocycles. The third-order valence-electron chi connectivity index (χ3n) is 2.81. The van der Waals surface area contributed by atoms with Gasteiger partial charge in [0, 0.05) is 19.6 Å². The van der Waals surface area contributed by atoms with E-state index < -0.39 is 0 Å². The molecular formula is C11H22N2O. The molecule has 0 heterocycles. The zero-order valence-electron chi connectivity index (χ0n) is 8.93. The Hall–Kier alpha value is -0.570. The van der Waals surface area contributed by atoms with E-state index >= 15 is 0 Å². The van der Waals surface area contributed by atoms with Crippen LogP contribution in [0.15, 0.2) is 0 Å². The maximum atomic E-state index is 7.05. The summed E-state index contributed by atoms with van der Waals surface area (Å²) in [7, 11) is 0. The Kier molecular flexibility index (Phi) is 5.60. The van der Waals surface area contributed by atoms with Crippen molar-refractivity contribution in [3.05, 3.63) is 0 Å². The standard InChI is InChI=1S/C11H22N2O/c12-11(13)7-4-8-14-9-10-5-2-1-3-6-10/h10H,1-9H2,(H3,12,13). The van der Waals surface area contributed by atoms with Crippen molar-refractivity contribution in [3.63, 3.8) is 0 Å². The Morgan fingerprint density at radius 3 is 2.64 bits per heavy atom. The van der Waals surface area contributed by atoms with E-state index in [1.165, 1.54) is 32.1 Å². The van der Waals surface area contributed by atoms with Crippen LogP contribution in [-0.4, -0.2) is 19.0 Å². The molecule has 1 aliphatic carbocycles. The Balaban J connectivity index is 1.90. The van der Waals surface area contributed by atoms with E-state index in [9.17, 15) is 0 Å². The smallest absolute Gasteiger partial charge is 0.0906 e. The van der Waals surface area contributed by atoms with Gasteiger partial charge in [-0.3, -0.25) is 5.41 Å². The molecule has 3 N–H and O–H groups in total. The van der Waals surface area contributed by atoms with Gasteiger partial charge in [-0.05, 0) is 25.2 Å². The van der Waals surface area contributed by atoms with Gasteiger partial charge in [-0.1, -0.05) is 19.3 Å². The highest BCUT2D eigenvalue weighted by atomic mass is 16.5. The average molecular weight is 198 g/mol. The average Bonchev–Trinajstić information content (AvgIpc) is 2.18. The van der Waals surface area contributed by atoms with Crippen molar-refractivity contribution >= 4 is 5.84 Å². The predicted octanol–water partition coefficient (Wildman–Crippen LogP) is 2.30. The maximum Gasteiger partial charge on any atom is 0.0906 e. The van der Waals surface area contributed by atoms with E-state index in [1.54, 1.807) is 0 Å². The Morgan fingerprint density at radius 2 is 2.00 bits per heavy atom. The highest BCUT2D eigenvalue weighted by molar-refractivity contribution is 5.76. The van der Waals surface area contributed by atoms with Crippen LogP contribution in [0.1, 0.15) is 44.9 Å². The number of nitrogens with two attached hydrogens (primary N) is 1. The van der Waals surface area contributed by atoms with E-state index in [-0.39, 0.29) is 5.84 Å². The van der Waals surface area contributed by atoms with Crippen LogP contribution in [0.3, 0.4) is 0 Å². The van der Waals surface area contributed by atoms with Crippen molar-refractivity contribution in [3.8, 4) is 0 Å². The lowest BCUT2D eigenvalue weighted by Crippen LogP contribution is -2.15. The number of amidine groups is 1. The minimum absolute atomic E-state index is 0.270. The molecule has 0 aliphatic heterocycles. The molecule has 0 saturated heterocycles. The summed E-state index contributed by atoms with van der Waals surface area (Å²) >= 11 is 0. The molecule has 14 heavy (non-hydrogen) atoms. The first kappa shape index (κ1) is 11.5.